The molecule has 2 saturated heterocycles. The second-order valence-corrected chi connectivity index (χ2v) is 6.17. The predicted octanol–water partition coefficient (Wildman–Crippen LogP) is 1.12. The number of anilines is 1. The first kappa shape index (κ1) is 13.9. The van der Waals surface area contributed by atoms with Crippen LogP contribution in [0.25, 0.3) is 0 Å². The van der Waals surface area contributed by atoms with Gasteiger partial charge in [-0.2, -0.15) is 5.10 Å². The summed E-state index contributed by atoms with van der Waals surface area (Å²) in [5.74, 6) is 1.32. The molecule has 0 saturated carbocycles. The van der Waals surface area contributed by atoms with Crippen molar-refractivity contribution in [3.63, 3.8) is 0 Å². The Morgan fingerprint density at radius 2 is 2.00 bits per heavy atom. The molecule has 2 aliphatic rings. The van der Waals surface area contributed by atoms with Crippen LogP contribution in [0.15, 0.2) is 0 Å². The minimum absolute atomic E-state index is 0.746. The van der Waals surface area contributed by atoms with E-state index in [9.17, 15) is 0 Å². The largest absolute Gasteiger partial charge is 0.355 e. The van der Waals surface area contributed by atoms with E-state index >= 15 is 0 Å². The molecular weight excluding hydrogens is 250 g/mol. The fraction of sp³-hybridized carbons (Fsp3) is 0.800. The highest BCUT2D eigenvalue weighted by Crippen LogP contribution is 2.29. The number of rotatable bonds is 4. The Morgan fingerprint density at radius 1 is 1.25 bits per heavy atom. The predicted molar refractivity (Wildman–Crippen MR) is 82.1 cm³/mol. The molecule has 0 spiro atoms. The van der Waals surface area contributed by atoms with Crippen molar-refractivity contribution in [1.29, 1.82) is 0 Å². The Labute approximate surface area is 121 Å². The van der Waals surface area contributed by atoms with Crippen LogP contribution < -0.4 is 10.2 Å². The van der Waals surface area contributed by atoms with Crippen molar-refractivity contribution in [2.75, 3.05) is 38.1 Å². The highest BCUT2D eigenvalue weighted by Gasteiger charge is 2.31. The van der Waals surface area contributed by atoms with E-state index < -0.39 is 0 Å². The minimum atomic E-state index is 0.746. The summed E-state index contributed by atoms with van der Waals surface area (Å²) in [4.78, 5) is 5.22. The summed E-state index contributed by atoms with van der Waals surface area (Å²) in [6.07, 6.45) is 4.06. The first-order valence-corrected chi connectivity index (χ1v) is 7.86. The van der Waals surface area contributed by atoms with Gasteiger partial charge in [0.1, 0.15) is 5.82 Å². The number of hydrogen-bond acceptors (Lipinski definition) is 4. The number of nitrogens with one attached hydrogen (secondary N) is 1. The Bertz CT molecular complexity index is 461. The second-order valence-electron chi connectivity index (χ2n) is 6.17. The van der Waals surface area contributed by atoms with Gasteiger partial charge in [-0.3, -0.25) is 9.58 Å². The highest BCUT2D eigenvalue weighted by atomic mass is 15.4. The van der Waals surface area contributed by atoms with Crippen LogP contribution in [0, 0.1) is 6.92 Å². The zero-order chi connectivity index (χ0) is 14.1. The summed E-state index contributed by atoms with van der Waals surface area (Å²) in [5, 5.41) is 7.90. The molecule has 1 N–H and O–H groups in total. The van der Waals surface area contributed by atoms with Gasteiger partial charge in [0.15, 0.2) is 0 Å². The molecule has 0 amide bonds. The lowest BCUT2D eigenvalue weighted by Crippen LogP contribution is -2.36. The first-order chi connectivity index (χ1) is 9.70. The lowest BCUT2D eigenvalue weighted by Gasteiger charge is -2.25. The summed E-state index contributed by atoms with van der Waals surface area (Å²) in [6, 6.07) is 0.746. The molecule has 2 aliphatic heterocycles. The normalized spacial score (nSPS) is 23.9. The topological polar surface area (TPSA) is 36.3 Å². The smallest absolute Gasteiger partial charge is 0.131 e. The molecule has 5 heteroatoms. The van der Waals surface area contributed by atoms with Gasteiger partial charge in [-0.25, -0.2) is 0 Å². The molecule has 2 fully saturated rings. The Hall–Kier alpha value is -1.07. The molecule has 1 aromatic rings. The molecule has 1 atom stereocenters. The van der Waals surface area contributed by atoms with Crippen molar-refractivity contribution in [2.24, 2.45) is 7.05 Å². The van der Waals surface area contributed by atoms with Gasteiger partial charge in [0, 0.05) is 38.3 Å². The maximum Gasteiger partial charge on any atom is 0.131 e. The van der Waals surface area contributed by atoms with Crippen LogP contribution in [-0.4, -0.2) is 53.9 Å². The number of hydrogen-bond donors (Lipinski definition) is 1. The Kier molecular flexibility index (Phi) is 3.98. The van der Waals surface area contributed by atoms with Gasteiger partial charge in [0.2, 0.25) is 0 Å². The van der Waals surface area contributed by atoms with E-state index in [2.05, 4.69) is 38.9 Å². The fourth-order valence-electron chi connectivity index (χ4n) is 3.81. The molecule has 3 heterocycles. The fourth-order valence-corrected chi connectivity index (χ4v) is 3.81. The van der Waals surface area contributed by atoms with Crippen molar-refractivity contribution in [3.8, 4) is 0 Å². The minimum Gasteiger partial charge on any atom is -0.355 e. The first-order valence-electron chi connectivity index (χ1n) is 7.86. The Balaban J connectivity index is 1.76. The van der Waals surface area contributed by atoms with Gasteiger partial charge in [-0.05, 0) is 46.3 Å². The van der Waals surface area contributed by atoms with Crippen LogP contribution >= 0.6 is 0 Å². The van der Waals surface area contributed by atoms with Crippen molar-refractivity contribution >= 4 is 5.82 Å². The molecule has 1 unspecified atom stereocenters. The van der Waals surface area contributed by atoms with E-state index in [0.29, 0.717) is 0 Å². The van der Waals surface area contributed by atoms with Gasteiger partial charge < -0.3 is 10.2 Å². The van der Waals surface area contributed by atoms with Crippen molar-refractivity contribution in [2.45, 2.75) is 38.8 Å². The van der Waals surface area contributed by atoms with Gasteiger partial charge in [0.05, 0.1) is 5.69 Å². The third kappa shape index (κ3) is 2.44. The molecule has 3 rings (SSSR count). The summed E-state index contributed by atoms with van der Waals surface area (Å²) in [5.41, 5.74) is 2.51. The zero-order valence-electron chi connectivity index (χ0n) is 13.0. The van der Waals surface area contributed by atoms with Crippen LogP contribution in [-0.2, 0) is 13.6 Å². The zero-order valence-corrected chi connectivity index (χ0v) is 13.0. The molecule has 0 bridgehead atoms. The lowest BCUT2D eigenvalue weighted by molar-refractivity contribution is 0.260. The molecule has 1 aromatic heterocycles. The van der Waals surface area contributed by atoms with E-state index in [1.54, 1.807) is 0 Å². The summed E-state index contributed by atoms with van der Waals surface area (Å²) in [7, 11) is 4.08. The van der Waals surface area contributed by atoms with E-state index in [0.717, 1.165) is 31.4 Å². The van der Waals surface area contributed by atoms with E-state index in [4.69, 9.17) is 0 Å². The standard InChI is InChI=1S/C15H27N5/c1-12-14(10-16-2)15(18(3)17-12)20-9-6-13(11-20)19-7-4-5-8-19/h13,16H,4-11H2,1-3H3. The summed E-state index contributed by atoms with van der Waals surface area (Å²) < 4.78 is 2.06. The monoisotopic (exact) mass is 277 g/mol. The van der Waals surface area contributed by atoms with Gasteiger partial charge >= 0.3 is 0 Å². The SMILES string of the molecule is CNCc1c(C)nn(C)c1N1CCC(N2CCCC2)C1. The summed E-state index contributed by atoms with van der Waals surface area (Å²) >= 11 is 0. The maximum atomic E-state index is 4.62. The second kappa shape index (κ2) is 5.74. The molecule has 0 radical (unpaired) electrons. The molecule has 0 aliphatic carbocycles. The Morgan fingerprint density at radius 3 is 2.70 bits per heavy atom. The van der Waals surface area contributed by atoms with Crippen molar-refractivity contribution in [3.05, 3.63) is 11.3 Å². The number of aryl methyl sites for hydroxylation is 2. The molecule has 20 heavy (non-hydrogen) atoms. The third-order valence-corrected chi connectivity index (χ3v) is 4.79. The highest BCUT2D eigenvalue weighted by molar-refractivity contribution is 5.51. The third-order valence-electron chi connectivity index (χ3n) is 4.79. The van der Waals surface area contributed by atoms with E-state index in [1.165, 1.54) is 43.7 Å². The lowest BCUT2D eigenvalue weighted by atomic mass is 10.2. The van der Waals surface area contributed by atoms with Gasteiger partial charge in [-0.1, -0.05) is 0 Å². The van der Waals surface area contributed by atoms with E-state index in [1.807, 2.05) is 7.05 Å². The van der Waals surface area contributed by atoms with Gasteiger partial charge in [0.25, 0.3) is 0 Å². The van der Waals surface area contributed by atoms with Crippen LogP contribution in [0.4, 0.5) is 5.82 Å². The van der Waals surface area contributed by atoms with Crippen LogP contribution in [0.5, 0.6) is 0 Å². The van der Waals surface area contributed by atoms with Crippen LogP contribution in [0.2, 0.25) is 0 Å². The van der Waals surface area contributed by atoms with Crippen molar-refractivity contribution < 1.29 is 0 Å². The molecular formula is C15H27N5. The maximum absolute atomic E-state index is 4.62. The average Bonchev–Trinajstić information content (AvgIpc) is 3.11. The average molecular weight is 277 g/mol. The number of aromatic nitrogens is 2. The van der Waals surface area contributed by atoms with Crippen LogP contribution in [0.3, 0.4) is 0 Å². The van der Waals surface area contributed by atoms with Gasteiger partial charge in [-0.15, -0.1) is 0 Å². The number of nitrogens with zero attached hydrogens (tertiary/aromatic N) is 4. The summed E-state index contributed by atoms with van der Waals surface area (Å²) in [6.45, 7) is 7.94. The van der Waals surface area contributed by atoms with Crippen LogP contribution in [0.1, 0.15) is 30.5 Å². The molecule has 5 nitrogen and oxygen atoms in total. The number of likely N-dealkylation sites (tertiary alicyclic amines) is 1. The molecule has 0 aromatic carbocycles. The van der Waals surface area contributed by atoms with E-state index in [-0.39, 0.29) is 0 Å². The van der Waals surface area contributed by atoms with Crippen molar-refractivity contribution in [1.82, 2.24) is 20.0 Å². The molecule has 112 valence electrons. The quantitative estimate of drug-likeness (QED) is 0.895.